The summed E-state index contributed by atoms with van der Waals surface area (Å²) in [5.41, 5.74) is 7.10. The van der Waals surface area contributed by atoms with Crippen molar-refractivity contribution in [3.8, 4) is 11.3 Å². The zero-order chi connectivity index (χ0) is 24.7. The highest BCUT2D eigenvalue weighted by Gasteiger charge is 2.14. The molecule has 1 amide bonds. The van der Waals surface area contributed by atoms with E-state index in [0.717, 1.165) is 53.7 Å². The van der Waals surface area contributed by atoms with Gasteiger partial charge in [0.1, 0.15) is 0 Å². The third-order valence-electron chi connectivity index (χ3n) is 6.03. The van der Waals surface area contributed by atoms with Crippen LogP contribution < -0.4 is 5.32 Å². The second-order valence-corrected chi connectivity index (χ2v) is 8.80. The summed E-state index contributed by atoms with van der Waals surface area (Å²) in [6.45, 7) is 2.52. The highest BCUT2D eigenvalue weighted by atomic mass is 16.1. The average molecular weight is 478 g/mol. The number of tetrazole rings is 1. The van der Waals surface area contributed by atoms with Crippen LogP contribution in [0.1, 0.15) is 45.8 Å². The van der Waals surface area contributed by atoms with Gasteiger partial charge < -0.3 is 5.32 Å². The van der Waals surface area contributed by atoms with Gasteiger partial charge in [0, 0.05) is 24.1 Å². The number of hydrogen-bond donors (Lipinski definition) is 2. The van der Waals surface area contributed by atoms with Gasteiger partial charge in [0.25, 0.3) is 5.91 Å². The Balaban J connectivity index is 1.37. The molecule has 0 aliphatic rings. The molecule has 0 atom stereocenters. The fourth-order valence-corrected chi connectivity index (χ4v) is 4.20. The number of H-pyrrole nitrogens is 1. The number of unbranched alkanes of at least 4 members (excludes halogenated alkanes) is 1. The lowest BCUT2D eigenvalue weighted by molar-refractivity contribution is 0.0951. The van der Waals surface area contributed by atoms with Crippen LogP contribution in [0.15, 0.2) is 72.8 Å². The molecule has 0 unspecified atom stereocenters. The molecule has 2 heterocycles. The molecule has 2 N–H and O–H groups in total. The smallest absolute Gasteiger partial charge is 0.251 e. The summed E-state index contributed by atoms with van der Waals surface area (Å²) < 4.78 is 0. The van der Waals surface area contributed by atoms with Crippen LogP contribution in [-0.2, 0) is 19.4 Å². The molecule has 0 aliphatic heterocycles. The molecule has 0 radical (unpaired) electrons. The monoisotopic (exact) mass is 477 g/mol. The van der Waals surface area contributed by atoms with Gasteiger partial charge in [-0.3, -0.25) is 4.79 Å². The highest BCUT2D eigenvalue weighted by molar-refractivity contribution is 5.97. The molecule has 0 fully saturated rings. The molecule has 0 bridgehead atoms. The van der Waals surface area contributed by atoms with Crippen molar-refractivity contribution in [1.29, 1.82) is 0 Å². The van der Waals surface area contributed by atoms with Crippen molar-refractivity contribution in [2.75, 3.05) is 0 Å². The molecule has 8 heteroatoms. The molecule has 5 rings (SSSR count). The van der Waals surface area contributed by atoms with Gasteiger partial charge in [-0.25, -0.2) is 9.97 Å². The minimum Gasteiger partial charge on any atom is -0.348 e. The van der Waals surface area contributed by atoms with E-state index in [1.165, 1.54) is 5.56 Å². The second kappa shape index (κ2) is 10.9. The van der Waals surface area contributed by atoms with Crippen LogP contribution in [0.4, 0.5) is 0 Å². The third kappa shape index (κ3) is 5.60. The number of aryl methyl sites for hydroxylation is 3. The molecule has 0 spiro atoms. The summed E-state index contributed by atoms with van der Waals surface area (Å²) in [6, 6.07) is 23.7. The Morgan fingerprint density at radius 1 is 0.889 bits per heavy atom. The van der Waals surface area contributed by atoms with Gasteiger partial charge in [-0.15, -0.1) is 10.2 Å². The molecule has 5 aromatic rings. The average Bonchev–Trinajstić information content (AvgIpc) is 3.43. The van der Waals surface area contributed by atoms with Gasteiger partial charge in [0.05, 0.1) is 22.4 Å². The van der Waals surface area contributed by atoms with E-state index in [9.17, 15) is 4.79 Å². The molecule has 0 aliphatic carbocycles. The van der Waals surface area contributed by atoms with E-state index in [2.05, 4.69) is 32.0 Å². The van der Waals surface area contributed by atoms with Gasteiger partial charge in [-0.1, -0.05) is 65.4 Å². The number of fused-ring (bicyclic) bond motifs is 1. The summed E-state index contributed by atoms with van der Waals surface area (Å²) in [5, 5.41) is 17.1. The Hall–Kier alpha value is -4.46. The maximum atomic E-state index is 12.9. The van der Waals surface area contributed by atoms with E-state index in [1.54, 1.807) is 0 Å². The Morgan fingerprint density at radius 2 is 1.75 bits per heavy atom. The summed E-state index contributed by atoms with van der Waals surface area (Å²) in [4.78, 5) is 22.8. The minimum absolute atomic E-state index is 0.131. The fraction of sp³-hybridized carbons (Fsp3) is 0.214. The Bertz CT molecular complexity index is 1470. The summed E-state index contributed by atoms with van der Waals surface area (Å²) >= 11 is 0. The summed E-state index contributed by atoms with van der Waals surface area (Å²) in [5.74, 6) is 0.582. The molecule has 2 aromatic heterocycles. The number of aromatic nitrogens is 6. The first-order valence-electron chi connectivity index (χ1n) is 12.1. The Labute approximate surface area is 209 Å². The normalized spacial score (nSPS) is 11.0. The Kier molecular flexibility index (Phi) is 7.02. The van der Waals surface area contributed by atoms with Crippen molar-refractivity contribution in [3.05, 3.63) is 101 Å². The number of nitrogens with one attached hydrogen (secondary N) is 2. The zero-order valence-corrected chi connectivity index (χ0v) is 20.1. The van der Waals surface area contributed by atoms with Crippen LogP contribution in [-0.4, -0.2) is 36.5 Å². The molecular formula is C28H27N7O. The number of hydrogen-bond acceptors (Lipinski definition) is 6. The quantitative estimate of drug-likeness (QED) is 0.300. The van der Waals surface area contributed by atoms with Crippen molar-refractivity contribution in [3.63, 3.8) is 0 Å². The highest BCUT2D eigenvalue weighted by Crippen LogP contribution is 2.25. The van der Waals surface area contributed by atoms with E-state index >= 15 is 0 Å². The lowest BCUT2D eigenvalue weighted by Crippen LogP contribution is -2.22. The molecule has 3 aromatic carbocycles. The van der Waals surface area contributed by atoms with Crippen molar-refractivity contribution in [2.24, 2.45) is 0 Å². The van der Waals surface area contributed by atoms with E-state index in [-0.39, 0.29) is 5.91 Å². The van der Waals surface area contributed by atoms with Gasteiger partial charge in [0.15, 0.2) is 5.82 Å². The second-order valence-electron chi connectivity index (χ2n) is 8.80. The molecule has 0 saturated carbocycles. The van der Waals surface area contributed by atoms with Crippen molar-refractivity contribution < 1.29 is 4.79 Å². The van der Waals surface area contributed by atoms with Gasteiger partial charge in [-0.2, -0.15) is 5.21 Å². The molecule has 36 heavy (non-hydrogen) atoms. The topological polar surface area (TPSA) is 109 Å². The van der Waals surface area contributed by atoms with Gasteiger partial charge in [-0.05, 0) is 49.9 Å². The largest absolute Gasteiger partial charge is 0.348 e. The number of carbonyl (C=O) groups is 1. The van der Waals surface area contributed by atoms with Crippen molar-refractivity contribution in [1.82, 2.24) is 35.9 Å². The fourth-order valence-electron chi connectivity index (χ4n) is 4.20. The number of benzene rings is 3. The van der Waals surface area contributed by atoms with E-state index in [1.807, 2.05) is 73.7 Å². The standard InChI is InChI=1S/C28H27N7O/c1-19-8-7-9-20(16-19)18-29-28(36)22-14-15-23-25(17-22)30-24(12-5-6-13-26-32-34-35-33-26)27(31-23)21-10-3-2-4-11-21/h2-4,7-11,14-17H,5-6,12-13,18H2,1H3,(H,29,36)(H,32,33,34,35). The van der Waals surface area contributed by atoms with Gasteiger partial charge >= 0.3 is 0 Å². The Morgan fingerprint density at radius 3 is 2.56 bits per heavy atom. The summed E-state index contributed by atoms with van der Waals surface area (Å²) in [7, 11) is 0. The first kappa shape index (κ1) is 23.3. The number of amides is 1. The number of aromatic amines is 1. The zero-order valence-electron chi connectivity index (χ0n) is 20.1. The SMILES string of the molecule is Cc1cccc(CNC(=O)c2ccc3nc(-c4ccccc4)c(CCCCc4nn[nH]n4)nc3c2)c1. The predicted octanol–water partition coefficient (Wildman–Crippen LogP) is 4.61. The van der Waals surface area contributed by atoms with Crippen molar-refractivity contribution in [2.45, 2.75) is 39.2 Å². The molecule has 180 valence electrons. The first-order valence-corrected chi connectivity index (χ1v) is 12.1. The van der Waals surface area contributed by atoms with E-state index in [0.29, 0.717) is 23.4 Å². The van der Waals surface area contributed by atoms with Crippen molar-refractivity contribution >= 4 is 16.9 Å². The molecule has 0 saturated heterocycles. The predicted molar refractivity (Wildman–Crippen MR) is 138 cm³/mol. The number of nitrogens with zero attached hydrogens (tertiary/aromatic N) is 5. The first-order chi connectivity index (χ1) is 17.7. The van der Waals surface area contributed by atoms with Crippen LogP contribution in [0.25, 0.3) is 22.3 Å². The van der Waals surface area contributed by atoms with Crippen LogP contribution in [0.5, 0.6) is 0 Å². The van der Waals surface area contributed by atoms with Crippen LogP contribution in [0.2, 0.25) is 0 Å². The van der Waals surface area contributed by atoms with Crippen LogP contribution >= 0.6 is 0 Å². The maximum Gasteiger partial charge on any atom is 0.251 e. The number of carbonyl (C=O) groups excluding carboxylic acids is 1. The lowest BCUT2D eigenvalue weighted by Gasteiger charge is -2.11. The summed E-state index contributed by atoms with van der Waals surface area (Å²) in [6.07, 6.45) is 3.33. The molecular weight excluding hydrogens is 450 g/mol. The lowest BCUT2D eigenvalue weighted by atomic mass is 10.0. The maximum absolute atomic E-state index is 12.9. The van der Waals surface area contributed by atoms with E-state index in [4.69, 9.17) is 9.97 Å². The van der Waals surface area contributed by atoms with Crippen LogP contribution in [0.3, 0.4) is 0 Å². The molecule has 8 nitrogen and oxygen atoms in total. The van der Waals surface area contributed by atoms with E-state index < -0.39 is 0 Å². The number of rotatable bonds is 9. The third-order valence-corrected chi connectivity index (χ3v) is 6.03. The van der Waals surface area contributed by atoms with Crippen LogP contribution in [0, 0.1) is 6.92 Å². The van der Waals surface area contributed by atoms with Gasteiger partial charge in [0.2, 0.25) is 0 Å². The minimum atomic E-state index is -0.131.